The summed E-state index contributed by atoms with van der Waals surface area (Å²) in [6.45, 7) is 0. The lowest BCUT2D eigenvalue weighted by Crippen LogP contribution is -2.15. The first-order valence-electron chi connectivity index (χ1n) is 7.49. The highest BCUT2D eigenvalue weighted by molar-refractivity contribution is 7.91. The summed E-state index contributed by atoms with van der Waals surface area (Å²) < 4.78 is 68.5. The third-order valence-electron chi connectivity index (χ3n) is 4.10. The Labute approximate surface area is 147 Å². The Hall–Kier alpha value is -2.57. The highest BCUT2D eigenvalue weighted by Gasteiger charge is 2.36. The van der Waals surface area contributed by atoms with Crippen LogP contribution in [0.2, 0.25) is 0 Å². The van der Waals surface area contributed by atoms with Crippen molar-refractivity contribution in [3.05, 3.63) is 52.8 Å². The van der Waals surface area contributed by atoms with Gasteiger partial charge in [-0.15, -0.1) is 0 Å². The number of nitriles is 1. The van der Waals surface area contributed by atoms with Gasteiger partial charge in [-0.25, -0.2) is 12.8 Å². The van der Waals surface area contributed by atoms with E-state index < -0.39 is 32.4 Å². The number of halogens is 3. The molecule has 0 aliphatic heterocycles. The van der Waals surface area contributed by atoms with E-state index in [2.05, 4.69) is 0 Å². The number of alkyl halides is 2. The third kappa shape index (κ3) is 3.02. The molecule has 0 saturated heterocycles. The average Bonchev–Trinajstić information content (AvgIpc) is 2.99. The molecule has 1 unspecified atom stereocenters. The van der Waals surface area contributed by atoms with E-state index in [0.717, 1.165) is 18.2 Å². The first kappa shape index (κ1) is 18.2. The lowest BCUT2D eigenvalue weighted by atomic mass is 10.1. The molecule has 5 nitrogen and oxygen atoms in total. The molecule has 0 heterocycles. The molecule has 0 bridgehead atoms. The molecule has 0 spiro atoms. The predicted molar refractivity (Wildman–Crippen MR) is 84.1 cm³/mol. The van der Waals surface area contributed by atoms with Gasteiger partial charge in [-0.2, -0.15) is 14.0 Å². The average molecular weight is 383 g/mol. The van der Waals surface area contributed by atoms with Crippen molar-refractivity contribution in [1.29, 1.82) is 5.26 Å². The van der Waals surface area contributed by atoms with Gasteiger partial charge in [0.2, 0.25) is 9.84 Å². The van der Waals surface area contributed by atoms with E-state index in [0.29, 0.717) is 5.56 Å². The van der Waals surface area contributed by atoms with Crippen molar-refractivity contribution in [2.24, 2.45) is 0 Å². The zero-order valence-corrected chi connectivity index (χ0v) is 13.9. The summed E-state index contributed by atoms with van der Waals surface area (Å²) in [6.07, 6.45) is -0.820. The van der Waals surface area contributed by atoms with Crippen LogP contribution in [0, 0.1) is 17.1 Å². The molecule has 9 heteroatoms. The molecule has 3 rings (SSSR count). The van der Waals surface area contributed by atoms with Crippen LogP contribution in [0.1, 0.15) is 29.2 Å². The Morgan fingerprint density at radius 2 is 2.00 bits per heavy atom. The van der Waals surface area contributed by atoms with Crippen LogP contribution in [0.5, 0.6) is 11.5 Å². The number of aliphatic hydroxyl groups excluding tert-OH is 1. The second-order valence-electron chi connectivity index (χ2n) is 5.67. The topological polar surface area (TPSA) is 87.4 Å². The number of benzene rings is 2. The van der Waals surface area contributed by atoms with Gasteiger partial charge in [-0.05, 0) is 37.1 Å². The number of hydrogen-bond donors (Lipinski definition) is 1. The summed E-state index contributed by atoms with van der Waals surface area (Å²) in [5, 5.41) is 18.9. The van der Waals surface area contributed by atoms with Crippen LogP contribution >= 0.6 is 0 Å². The summed E-state index contributed by atoms with van der Waals surface area (Å²) in [7, 11) is -4.88. The smallest absolute Gasteiger partial charge is 0.341 e. The van der Waals surface area contributed by atoms with Crippen LogP contribution in [0.15, 0.2) is 35.2 Å². The van der Waals surface area contributed by atoms with Crippen molar-refractivity contribution in [2.75, 3.05) is 0 Å². The molecule has 136 valence electrons. The summed E-state index contributed by atoms with van der Waals surface area (Å²) >= 11 is 0. The fraction of sp³-hybridized carbons (Fsp3) is 0.235. The minimum Gasteiger partial charge on any atom is -0.457 e. The van der Waals surface area contributed by atoms with Crippen LogP contribution in [-0.4, -0.2) is 19.3 Å². The zero-order valence-electron chi connectivity index (χ0n) is 13.1. The fourth-order valence-electron chi connectivity index (χ4n) is 2.89. The van der Waals surface area contributed by atoms with Crippen LogP contribution in [0.4, 0.5) is 13.2 Å². The van der Waals surface area contributed by atoms with E-state index in [9.17, 15) is 26.7 Å². The van der Waals surface area contributed by atoms with Gasteiger partial charge in [0.25, 0.3) is 0 Å². The molecule has 1 aliphatic rings. The van der Waals surface area contributed by atoms with E-state index in [1.165, 1.54) is 12.1 Å². The highest BCUT2D eigenvalue weighted by Crippen LogP contribution is 2.43. The van der Waals surface area contributed by atoms with E-state index in [1.807, 2.05) is 0 Å². The van der Waals surface area contributed by atoms with Crippen LogP contribution in [-0.2, 0) is 16.3 Å². The molecule has 2 aromatic rings. The van der Waals surface area contributed by atoms with Gasteiger partial charge in [0.1, 0.15) is 23.4 Å². The van der Waals surface area contributed by atoms with Crippen molar-refractivity contribution < 1.29 is 31.4 Å². The number of aliphatic hydroxyl groups is 1. The molecular formula is C17H12F3NO4S. The molecule has 0 radical (unpaired) electrons. The number of ether oxygens (including phenoxy) is 1. The monoisotopic (exact) mass is 383 g/mol. The maximum absolute atomic E-state index is 13.4. The Bertz CT molecular complexity index is 1020. The Morgan fingerprint density at radius 3 is 2.65 bits per heavy atom. The van der Waals surface area contributed by atoms with Gasteiger partial charge < -0.3 is 9.84 Å². The number of fused-ring (bicyclic) bond motifs is 1. The predicted octanol–water partition coefficient (Wildman–Crippen LogP) is 3.47. The summed E-state index contributed by atoms with van der Waals surface area (Å²) in [5.41, 5.74) is -0.0523. The summed E-state index contributed by atoms with van der Waals surface area (Å²) in [5.74, 6) is -4.06. The minimum atomic E-state index is -4.88. The molecule has 1 N–H and O–H groups in total. The standard InChI is InChI=1S/C17H12F3NO4S/c18-12-3-1-10(7-9(12)8-21)25-14-5-6-15(26(23,24)17(19)20)16-11(14)2-4-13(16)22/h1,3,5-7,13,17,22H,2,4H2. The van der Waals surface area contributed by atoms with Gasteiger partial charge in [0.15, 0.2) is 0 Å². The Morgan fingerprint density at radius 1 is 1.27 bits per heavy atom. The maximum Gasteiger partial charge on any atom is 0.341 e. The van der Waals surface area contributed by atoms with Crippen molar-refractivity contribution >= 4 is 9.84 Å². The van der Waals surface area contributed by atoms with Crippen molar-refractivity contribution in [2.45, 2.75) is 29.6 Å². The highest BCUT2D eigenvalue weighted by atomic mass is 32.2. The maximum atomic E-state index is 13.4. The molecule has 0 amide bonds. The first-order valence-corrected chi connectivity index (χ1v) is 9.03. The van der Waals surface area contributed by atoms with Crippen LogP contribution < -0.4 is 4.74 Å². The van der Waals surface area contributed by atoms with Crippen molar-refractivity contribution in [3.63, 3.8) is 0 Å². The van der Waals surface area contributed by atoms with E-state index in [-0.39, 0.29) is 35.5 Å². The molecule has 0 saturated carbocycles. The molecule has 26 heavy (non-hydrogen) atoms. The van der Waals surface area contributed by atoms with Gasteiger partial charge in [-0.3, -0.25) is 0 Å². The van der Waals surface area contributed by atoms with Crippen LogP contribution in [0.3, 0.4) is 0 Å². The molecule has 1 aliphatic carbocycles. The number of hydrogen-bond acceptors (Lipinski definition) is 5. The number of nitrogens with zero attached hydrogens (tertiary/aromatic N) is 1. The molecule has 0 fully saturated rings. The lowest BCUT2D eigenvalue weighted by molar-refractivity contribution is 0.176. The van der Waals surface area contributed by atoms with Crippen LogP contribution in [0.25, 0.3) is 0 Å². The van der Waals surface area contributed by atoms with E-state index in [1.54, 1.807) is 6.07 Å². The Kier molecular flexibility index (Phi) is 4.64. The fourth-order valence-corrected chi connectivity index (χ4v) is 3.91. The summed E-state index contributed by atoms with van der Waals surface area (Å²) in [6, 6.07) is 7.31. The van der Waals surface area contributed by atoms with Gasteiger partial charge in [0, 0.05) is 17.2 Å². The minimum absolute atomic E-state index is 0.106. The van der Waals surface area contributed by atoms with Crippen molar-refractivity contribution in [3.8, 4) is 17.6 Å². The molecule has 1 atom stereocenters. The number of rotatable bonds is 4. The Balaban J connectivity index is 2.08. The molecule has 2 aromatic carbocycles. The van der Waals surface area contributed by atoms with E-state index >= 15 is 0 Å². The largest absolute Gasteiger partial charge is 0.457 e. The number of sulfone groups is 1. The molecular weight excluding hydrogens is 371 g/mol. The second kappa shape index (κ2) is 6.63. The summed E-state index contributed by atoms with van der Waals surface area (Å²) in [4.78, 5) is -0.628. The zero-order chi connectivity index (χ0) is 19.1. The SMILES string of the molecule is N#Cc1cc(Oc2ccc(S(=O)(=O)C(F)F)c3c2CCC3O)ccc1F. The normalized spacial score (nSPS) is 16.4. The van der Waals surface area contributed by atoms with Gasteiger partial charge in [-0.1, -0.05) is 0 Å². The first-order chi connectivity index (χ1) is 12.3. The third-order valence-corrected chi connectivity index (χ3v) is 5.54. The molecule has 0 aromatic heterocycles. The van der Waals surface area contributed by atoms with E-state index in [4.69, 9.17) is 10.00 Å². The van der Waals surface area contributed by atoms with Crippen molar-refractivity contribution in [1.82, 2.24) is 0 Å². The lowest BCUT2D eigenvalue weighted by Gasteiger charge is -2.15. The quantitative estimate of drug-likeness (QED) is 0.874. The second-order valence-corrected chi connectivity index (χ2v) is 7.56. The van der Waals surface area contributed by atoms with Gasteiger partial charge in [0.05, 0.1) is 16.6 Å². The van der Waals surface area contributed by atoms with Gasteiger partial charge >= 0.3 is 5.76 Å².